The minimum absolute atomic E-state index is 0.358. The molecule has 0 amide bonds. The van der Waals surface area contributed by atoms with Gasteiger partial charge in [-0.25, -0.2) is 4.39 Å². The van der Waals surface area contributed by atoms with Crippen LogP contribution in [0.25, 0.3) is 0 Å². The molecule has 0 aliphatic heterocycles. The third-order valence-corrected chi connectivity index (χ3v) is 2.04. The van der Waals surface area contributed by atoms with Gasteiger partial charge in [-0.1, -0.05) is 12.2 Å². The monoisotopic (exact) mass is 159 g/mol. The van der Waals surface area contributed by atoms with Crippen molar-refractivity contribution in [2.45, 2.75) is 30.9 Å². The number of alkyl halides is 1. The Morgan fingerprint density at radius 3 is 2.55 bits per heavy atom. The van der Waals surface area contributed by atoms with Crippen LogP contribution in [0, 0.1) is 0 Å². The number of hydrogen-bond acceptors (Lipinski definition) is 2. The largest absolute Gasteiger partial charge is 0.390 e. The summed E-state index contributed by atoms with van der Waals surface area (Å²) in [5.41, 5.74) is 5.46. The van der Waals surface area contributed by atoms with Crippen LogP contribution in [0.2, 0.25) is 0 Å². The summed E-state index contributed by atoms with van der Waals surface area (Å²) in [5, 5.41) is 9.00. The maximum Gasteiger partial charge on any atom is 0.115 e. The summed E-state index contributed by atoms with van der Waals surface area (Å²) in [6, 6.07) is 0. The van der Waals surface area contributed by atoms with Crippen LogP contribution in [0.1, 0.15) is 19.3 Å². The van der Waals surface area contributed by atoms with Crippen LogP contribution in [0.15, 0.2) is 12.2 Å². The van der Waals surface area contributed by atoms with Crippen molar-refractivity contribution in [2.75, 3.05) is 6.67 Å². The lowest BCUT2D eigenvalue weighted by atomic mass is 9.91. The van der Waals surface area contributed by atoms with Gasteiger partial charge in [0.1, 0.15) is 6.67 Å². The summed E-state index contributed by atoms with van der Waals surface area (Å²) in [4.78, 5) is 0. The van der Waals surface area contributed by atoms with Gasteiger partial charge in [-0.2, -0.15) is 0 Å². The lowest BCUT2D eigenvalue weighted by Crippen LogP contribution is -2.40. The molecule has 0 fully saturated rings. The Balaban J connectivity index is 2.35. The fourth-order valence-electron chi connectivity index (χ4n) is 1.41. The van der Waals surface area contributed by atoms with E-state index in [0.717, 1.165) is 12.8 Å². The van der Waals surface area contributed by atoms with Crippen molar-refractivity contribution in [3.63, 3.8) is 0 Å². The van der Waals surface area contributed by atoms with E-state index in [1.807, 2.05) is 12.2 Å². The first kappa shape index (κ1) is 8.68. The van der Waals surface area contributed by atoms with Crippen LogP contribution in [0.5, 0.6) is 0 Å². The minimum Gasteiger partial charge on any atom is -0.390 e. The van der Waals surface area contributed by atoms with Gasteiger partial charge in [0.05, 0.1) is 6.10 Å². The van der Waals surface area contributed by atoms with E-state index in [9.17, 15) is 4.39 Å². The molecule has 0 bridgehead atoms. The maximum absolute atomic E-state index is 11.9. The molecule has 0 saturated heterocycles. The van der Waals surface area contributed by atoms with E-state index in [2.05, 4.69) is 0 Å². The van der Waals surface area contributed by atoms with Crippen molar-refractivity contribution < 1.29 is 9.50 Å². The zero-order valence-corrected chi connectivity index (χ0v) is 6.46. The average Bonchev–Trinajstić information content (AvgIpc) is 2.36. The Morgan fingerprint density at radius 1 is 1.55 bits per heavy atom. The second kappa shape index (κ2) is 3.32. The zero-order chi connectivity index (χ0) is 8.32. The van der Waals surface area contributed by atoms with E-state index in [1.54, 1.807) is 0 Å². The molecule has 0 aromatic rings. The third-order valence-electron chi connectivity index (χ3n) is 2.04. The lowest BCUT2D eigenvalue weighted by Gasteiger charge is -2.25. The summed E-state index contributed by atoms with van der Waals surface area (Å²) >= 11 is 0. The molecule has 0 aromatic heterocycles. The minimum atomic E-state index is -0.889. The molecule has 11 heavy (non-hydrogen) atoms. The highest BCUT2D eigenvalue weighted by Gasteiger charge is 2.28. The molecule has 0 radical (unpaired) electrons. The standard InChI is InChI=1S/C8H14FNO/c9-6-7(11)5-8(10)3-1-2-4-8/h1-2,7,11H,3-6,10H2. The van der Waals surface area contributed by atoms with E-state index in [-0.39, 0.29) is 5.54 Å². The molecule has 0 saturated carbocycles. The maximum atomic E-state index is 11.9. The molecular weight excluding hydrogens is 145 g/mol. The van der Waals surface area contributed by atoms with Gasteiger partial charge in [-0.15, -0.1) is 0 Å². The first-order valence-electron chi connectivity index (χ1n) is 3.84. The van der Waals surface area contributed by atoms with Gasteiger partial charge in [0.25, 0.3) is 0 Å². The fraction of sp³-hybridized carbons (Fsp3) is 0.750. The van der Waals surface area contributed by atoms with Gasteiger partial charge >= 0.3 is 0 Å². The summed E-state index contributed by atoms with van der Waals surface area (Å²) in [6.45, 7) is -0.695. The van der Waals surface area contributed by atoms with Crippen molar-refractivity contribution in [1.29, 1.82) is 0 Å². The Kier molecular flexibility index (Phi) is 2.62. The summed E-state index contributed by atoms with van der Waals surface area (Å²) < 4.78 is 11.9. The van der Waals surface area contributed by atoms with E-state index in [0.29, 0.717) is 6.42 Å². The molecular formula is C8H14FNO. The highest BCUT2D eigenvalue weighted by molar-refractivity contribution is 5.07. The topological polar surface area (TPSA) is 46.2 Å². The lowest BCUT2D eigenvalue weighted by molar-refractivity contribution is 0.106. The molecule has 0 aromatic carbocycles. The van der Waals surface area contributed by atoms with Crippen molar-refractivity contribution >= 4 is 0 Å². The zero-order valence-electron chi connectivity index (χ0n) is 6.46. The van der Waals surface area contributed by atoms with Gasteiger partial charge in [0, 0.05) is 5.54 Å². The van der Waals surface area contributed by atoms with Gasteiger partial charge in [0.15, 0.2) is 0 Å². The highest BCUT2D eigenvalue weighted by atomic mass is 19.1. The summed E-state index contributed by atoms with van der Waals surface area (Å²) in [7, 11) is 0. The number of nitrogens with two attached hydrogens (primary N) is 1. The van der Waals surface area contributed by atoms with Crippen LogP contribution >= 0.6 is 0 Å². The Morgan fingerprint density at radius 2 is 2.09 bits per heavy atom. The second-order valence-corrected chi connectivity index (χ2v) is 3.25. The predicted octanol–water partition coefficient (Wildman–Crippen LogP) is 0.754. The van der Waals surface area contributed by atoms with Crippen molar-refractivity contribution in [2.24, 2.45) is 5.73 Å². The molecule has 1 atom stereocenters. The molecule has 2 nitrogen and oxygen atoms in total. The number of aliphatic hydroxyl groups is 1. The Hall–Kier alpha value is -0.410. The molecule has 64 valence electrons. The summed E-state index contributed by atoms with van der Waals surface area (Å²) in [5.74, 6) is 0. The predicted molar refractivity (Wildman–Crippen MR) is 41.9 cm³/mol. The van der Waals surface area contributed by atoms with Gasteiger partial charge in [-0.05, 0) is 19.3 Å². The molecule has 0 heterocycles. The van der Waals surface area contributed by atoms with Crippen molar-refractivity contribution in [3.05, 3.63) is 12.2 Å². The van der Waals surface area contributed by atoms with E-state index < -0.39 is 12.8 Å². The van der Waals surface area contributed by atoms with E-state index in [4.69, 9.17) is 10.8 Å². The molecule has 1 aliphatic rings. The van der Waals surface area contributed by atoms with Crippen LogP contribution < -0.4 is 5.73 Å². The van der Waals surface area contributed by atoms with Gasteiger partial charge in [0.2, 0.25) is 0 Å². The molecule has 3 heteroatoms. The van der Waals surface area contributed by atoms with Crippen molar-refractivity contribution in [1.82, 2.24) is 0 Å². The third kappa shape index (κ3) is 2.27. The van der Waals surface area contributed by atoms with Crippen LogP contribution in [0.3, 0.4) is 0 Å². The molecule has 1 rings (SSSR count). The van der Waals surface area contributed by atoms with E-state index >= 15 is 0 Å². The van der Waals surface area contributed by atoms with Crippen LogP contribution in [0.4, 0.5) is 4.39 Å². The molecule has 0 spiro atoms. The quantitative estimate of drug-likeness (QED) is 0.597. The molecule has 3 N–H and O–H groups in total. The highest BCUT2D eigenvalue weighted by Crippen LogP contribution is 2.25. The fourth-order valence-corrected chi connectivity index (χ4v) is 1.41. The van der Waals surface area contributed by atoms with Crippen LogP contribution in [-0.2, 0) is 0 Å². The van der Waals surface area contributed by atoms with Gasteiger partial charge in [-0.3, -0.25) is 0 Å². The smallest absolute Gasteiger partial charge is 0.115 e. The van der Waals surface area contributed by atoms with Crippen LogP contribution in [-0.4, -0.2) is 23.4 Å². The SMILES string of the molecule is NC1(CC(O)CF)CC=CC1. The first-order valence-corrected chi connectivity index (χ1v) is 3.84. The number of hydrogen-bond donors (Lipinski definition) is 2. The van der Waals surface area contributed by atoms with Gasteiger partial charge < -0.3 is 10.8 Å². The average molecular weight is 159 g/mol. The second-order valence-electron chi connectivity index (χ2n) is 3.25. The Bertz CT molecular complexity index is 150. The number of halogens is 1. The number of aliphatic hydroxyl groups excluding tert-OH is 1. The molecule has 1 unspecified atom stereocenters. The normalized spacial score (nSPS) is 23.9. The first-order chi connectivity index (χ1) is 5.16. The number of rotatable bonds is 3. The van der Waals surface area contributed by atoms with Crippen molar-refractivity contribution in [3.8, 4) is 0 Å². The Labute approximate surface area is 65.9 Å². The summed E-state index contributed by atoms with van der Waals surface area (Å²) in [6.07, 6.45) is 4.93. The molecule has 1 aliphatic carbocycles. The van der Waals surface area contributed by atoms with E-state index in [1.165, 1.54) is 0 Å².